The summed E-state index contributed by atoms with van der Waals surface area (Å²) in [4.78, 5) is 35.0. The van der Waals surface area contributed by atoms with Gasteiger partial charge in [-0.2, -0.15) is 0 Å². The molecule has 0 saturated carbocycles. The van der Waals surface area contributed by atoms with Crippen molar-refractivity contribution in [2.45, 2.75) is 12.8 Å². The number of para-hydroxylation sites is 1. The minimum atomic E-state index is -0.453. The summed E-state index contributed by atoms with van der Waals surface area (Å²) in [7, 11) is 0. The van der Waals surface area contributed by atoms with E-state index in [-0.39, 0.29) is 18.7 Å². The summed E-state index contributed by atoms with van der Waals surface area (Å²) >= 11 is 0. The van der Waals surface area contributed by atoms with E-state index in [0.29, 0.717) is 5.69 Å². The number of hydrogen-bond acceptors (Lipinski definition) is 3. The highest BCUT2D eigenvalue weighted by atomic mass is 16.2. The zero-order chi connectivity index (χ0) is 17.9. The van der Waals surface area contributed by atoms with Crippen molar-refractivity contribution in [3.63, 3.8) is 0 Å². The molecule has 2 rings (SSSR count). The summed E-state index contributed by atoms with van der Waals surface area (Å²) in [5, 5.41) is 2.68. The van der Waals surface area contributed by atoms with E-state index in [0.717, 1.165) is 5.56 Å². The molecule has 3 N–H and O–H groups in total. The van der Waals surface area contributed by atoms with Gasteiger partial charge >= 0.3 is 0 Å². The van der Waals surface area contributed by atoms with Crippen LogP contribution < -0.4 is 16.2 Å². The first kappa shape index (κ1) is 17.9. The summed E-state index contributed by atoms with van der Waals surface area (Å²) in [6.45, 7) is 0. The zero-order valence-corrected chi connectivity index (χ0v) is 13.6. The summed E-state index contributed by atoms with van der Waals surface area (Å²) < 4.78 is 0. The Balaban J connectivity index is 1.65. The van der Waals surface area contributed by atoms with Gasteiger partial charge in [0.2, 0.25) is 11.8 Å². The second-order valence-electron chi connectivity index (χ2n) is 5.20. The SMILES string of the molecule is O=C(/C=C\c1ccccc1)NNC(=O)CCC(=O)Nc1ccccc1. The molecule has 6 heteroatoms. The van der Waals surface area contributed by atoms with Gasteiger partial charge in [-0.15, -0.1) is 0 Å². The molecular weight excluding hydrogens is 318 g/mol. The van der Waals surface area contributed by atoms with E-state index < -0.39 is 11.8 Å². The Morgan fingerprint density at radius 3 is 2.04 bits per heavy atom. The lowest BCUT2D eigenvalue weighted by molar-refractivity contribution is -0.128. The van der Waals surface area contributed by atoms with Gasteiger partial charge < -0.3 is 5.32 Å². The Morgan fingerprint density at radius 1 is 0.760 bits per heavy atom. The number of hydrazine groups is 1. The molecule has 2 aromatic carbocycles. The standard InChI is InChI=1S/C19H19N3O3/c23-17(20-16-9-5-2-6-10-16)13-14-19(25)22-21-18(24)12-11-15-7-3-1-4-8-15/h1-12H,13-14H2,(H,20,23)(H,21,24)(H,22,25)/b12-11-. The Hall–Kier alpha value is -3.41. The molecule has 0 heterocycles. The number of amides is 3. The third-order valence-corrected chi connectivity index (χ3v) is 3.19. The number of carbonyl (C=O) groups is 3. The smallest absolute Gasteiger partial charge is 0.262 e. The predicted octanol–water partition coefficient (Wildman–Crippen LogP) is 2.27. The van der Waals surface area contributed by atoms with Crippen LogP contribution in [0.15, 0.2) is 66.7 Å². The molecule has 0 fully saturated rings. The highest BCUT2D eigenvalue weighted by molar-refractivity contribution is 5.95. The van der Waals surface area contributed by atoms with Crippen molar-refractivity contribution in [3.05, 3.63) is 72.3 Å². The predicted molar refractivity (Wildman–Crippen MR) is 96.1 cm³/mol. The molecule has 0 saturated heterocycles. The maximum Gasteiger partial charge on any atom is 0.262 e. The fourth-order valence-corrected chi connectivity index (χ4v) is 1.94. The minimum Gasteiger partial charge on any atom is -0.326 e. The molecule has 0 bridgehead atoms. The van der Waals surface area contributed by atoms with Crippen LogP contribution in [0.3, 0.4) is 0 Å². The largest absolute Gasteiger partial charge is 0.326 e. The van der Waals surface area contributed by atoms with E-state index in [2.05, 4.69) is 16.2 Å². The molecule has 0 aliphatic rings. The highest BCUT2D eigenvalue weighted by Gasteiger charge is 2.07. The monoisotopic (exact) mass is 337 g/mol. The van der Waals surface area contributed by atoms with E-state index in [9.17, 15) is 14.4 Å². The van der Waals surface area contributed by atoms with Crippen LogP contribution in [0, 0.1) is 0 Å². The van der Waals surface area contributed by atoms with Crippen LogP contribution in [0.25, 0.3) is 6.08 Å². The molecule has 25 heavy (non-hydrogen) atoms. The molecule has 0 unspecified atom stereocenters. The van der Waals surface area contributed by atoms with Gasteiger partial charge in [-0.1, -0.05) is 48.5 Å². The van der Waals surface area contributed by atoms with Crippen molar-refractivity contribution in [1.29, 1.82) is 0 Å². The number of anilines is 1. The molecule has 3 amide bonds. The van der Waals surface area contributed by atoms with Crippen LogP contribution in [0.1, 0.15) is 18.4 Å². The maximum atomic E-state index is 11.7. The second kappa shape index (κ2) is 9.67. The zero-order valence-electron chi connectivity index (χ0n) is 13.6. The van der Waals surface area contributed by atoms with Crippen LogP contribution in [0.5, 0.6) is 0 Å². The van der Waals surface area contributed by atoms with Gasteiger partial charge in [0.1, 0.15) is 0 Å². The van der Waals surface area contributed by atoms with Gasteiger partial charge in [-0.3, -0.25) is 25.2 Å². The van der Waals surface area contributed by atoms with Crippen LogP contribution >= 0.6 is 0 Å². The Bertz CT molecular complexity index is 743. The number of hydrogen-bond donors (Lipinski definition) is 3. The third-order valence-electron chi connectivity index (χ3n) is 3.19. The van der Waals surface area contributed by atoms with Crippen LogP contribution in [0.4, 0.5) is 5.69 Å². The normalized spacial score (nSPS) is 10.2. The maximum absolute atomic E-state index is 11.7. The third kappa shape index (κ3) is 7.13. The van der Waals surface area contributed by atoms with Crippen molar-refractivity contribution in [1.82, 2.24) is 10.9 Å². The molecule has 0 atom stereocenters. The van der Waals surface area contributed by atoms with E-state index in [1.165, 1.54) is 6.08 Å². The quantitative estimate of drug-likeness (QED) is 0.558. The minimum absolute atomic E-state index is 0.0243. The molecule has 0 radical (unpaired) electrons. The first-order valence-corrected chi connectivity index (χ1v) is 7.80. The van der Waals surface area contributed by atoms with Crippen molar-refractivity contribution in [2.75, 3.05) is 5.32 Å². The van der Waals surface area contributed by atoms with Gasteiger partial charge in [-0.05, 0) is 23.8 Å². The van der Waals surface area contributed by atoms with Gasteiger partial charge in [-0.25, -0.2) is 0 Å². The second-order valence-corrected chi connectivity index (χ2v) is 5.20. The van der Waals surface area contributed by atoms with Gasteiger partial charge in [0.15, 0.2) is 0 Å². The van der Waals surface area contributed by atoms with Crippen molar-refractivity contribution >= 4 is 29.5 Å². The fraction of sp³-hybridized carbons (Fsp3) is 0.105. The summed E-state index contributed by atoms with van der Waals surface area (Å²) in [6.07, 6.45) is 2.95. The first-order valence-electron chi connectivity index (χ1n) is 7.80. The molecule has 2 aromatic rings. The van der Waals surface area contributed by atoms with Crippen molar-refractivity contribution in [2.24, 2.45) is 0 Å². The van der Waals surface area contributed by atoms with Crippen LogP contribution in [-0.4, -0.2) is 17.7 Å². The average Bonchev–Trinajstić information content (AvgIpc) is 2.64. The van der Waals surface area contributed by atoms with E-state index >= 15 is 0 Å². The fourth-order valence-electron chi connectivity index (χ4n) is 1.94. The summed E-state index contributed by atoms with van der Waals surface area (Å²) in [5.74, 6) is -1.16. The molecule has 6 nitrogen and oxygen atoms in total. The molecule has 128 valence electrons. The van der Waals surface area contributed by atoms with E-state index in [1.54, 1.807) is 30.3 Å². The Kier molecular flexibility index (Phi) is 6.94. The molecule has 0 aromatic heterocycles. The number of rotatable bonds is 6. The lowest BCUT2D eigenvalue weighted by Crippen LogP contribution is -2.41. The van der Waals surface area contributed by atoms with Crippen LogP contribution in [-0.2, 0) is 14.4 Å². The lowest BCUT2D eigenvalue weighted by atomic mass is 10.2. The summed E-state index contributed by atoms with van der Waals surface area (Å²) in [5.41, 5.74) is 6.09. The lowest BCUT2D eigenvalue weighted by Gasteiger charge is -2.06. The van der Waals surface area contributed by atoms with Crippen molar-refractivity contribution in [3.8, 4) is 0 Å². The summed E-state index contributed by atoms with van der Waals surface area (Å²) in [6, 6.07) is 18.3. The molecular formula is C19H19N3O3. The van der Waals surface area contributed by atoms with Gasteiger partial charge in [0.25, 0.3) is 5.91 Å². The van der Waals surface area contributed by atoms with Crippen LogP contribution in [0.2, 0.25) is 0 Å². The number of benzene rings is 2. The number of carbonyl (C=O) groups excluding carboxylic acids is 3. The van der Waals surface area contributed by atoms with Crippen molar-refractivity contribution < 1.29 is 14.4 Å². The topological polar surface area (TPSA) is 87.3 Å². The highest BCUT2D eigenvalue weighted by Crippen LogP contribution is 2.06. The van der Waals surface area contributed by atoms with Gasteiger partial charge in [0.05, 0.1) is 0 Å². The Morgan fingerprint density at radius 2 is 1.36 bits per heavy atom. The van der Waals surface area contributed by atoms with E-state index in [4.69, 9.17) is 0 Å². The molecule has 0 aliphatic carbocycles. The molecule has 0 aliphatic heterocycles. The number of nitrogens with one attached hydrogen (secondary N) is 3. The molecule has 0 spiro atoms. The average molecular weight is 337 g/mol. The first-order chi connectivity index (χ1) is 12.1. The Labute approximate surface area is 145 Å². The van der Waals surface area contributed by atoms with E-state index in [1.807, 2.05) is 36.4 Å². The van der Waals surface area contributed by atoms with Gasteiger partial charge in [0, 0.05) is 24.6 Å².